The quantitative estimate of drug-likeness (QED) is 0.771. The van der Waals surface area contributed by atoms with E-state index in [1.54, 1.807) is 19.8 Å². The maximum Gasteiger partial charge on any atom is 0.229 e. The van der Waals surface area contributed by atoms with Crippen LogP contribution in [0, 0.1) is 11.8 Å². The second-order valence-electron chi connectivity index (χ2n) is 9.46. The highest BCUT2D eigenvalue weighted by Crippen LogP contribution is 2.66. The molecule has 1 aliphatic carbocycles. The summed E-state index contributed by atoms with van der Waals surface area (Å²) in [6.07, 6.45) is 6.25. The van der Waals surface area contributed by atoms with E-state index in [1.165, 1.54) is 12.0 Å². The van der Waals surface area contributed by atoms with E-state index in [9.17, 15) is 4.79 Å². The van der Waals surface area contributed by atoms with Gasteiger partial charge in [-0.05, 0) is 48.6 Å². The molecule has 29 heavy (non-hydrogen) atoms. The summed E-state index contributed by atoms with van der Waals surface area (Å²) in [5, 5.41) is 0. The second kappa shape index (κ2) is 5.28. The van der Waals surface area contributed by atoms with Crippen molar-refractivity contribution in [3.05, 3.63) is 29.5 Å². The van der Waals surface area contributed by atoms with E-state index in [2.05, 4.69) is 22.1 Å². The Morgan fingerprint density at radius 3 is 2.86 bits per heavy atom. The van der Waals surface area contributed by atoms with Crippen molar-refractivity contribution in [3.8, 4) is 11.5 Å². The van der Waals surface area contributed by atoms with Gasteiger partial charge in [0.1, 0.15) is 0 Å². The van der Waals surface area contributed by atoms with Crippen molar-refractivity contribution in [2.75, 3.05) is 32.3 Å². The van der Waals surface area contributed by atoms with Gasteiger partial charge < -0.3 is 24.0 Å². The molecule has 1 aromatic rings. The summed E-state index contributed by atoms with van der Waals surface area (Å²) in [6, 6.07) is 4.83. The minimum atomic E-state index is -0.0416. The summed E-state index contributed by atoms with van der Waals surface area (Å²) < 4.78 is 17.6. The lowest BCUT2D eigenvalue weighted by Gasteiger charge is -2.57. The van der Waals surface area contributed by atoms with Crippen molar-refractivity contribution in [1.82, 2.24) is 4.90 Å². The number of rotatable bonds is 2. The zero-order chi connectivity index (χ0) is 19.5. The molecule has 4 fully saturated rings. The molecule has 6 atom stereocenters. The maximum atomic E-state index is 13.5. The summed E-state index contributed by atoms with van der Waals surface area (Å²) in [5.74, 6) is 2.57. The fourth-order valence-electron chi connectivity index (χ4n) is 7.82. The highest BCUT2D eigenvalue weighted by molar-refractivity contribution is 5.99. The average Bonchev–Trinajstić information content (AvgIpc) is 3.20. The highest BCUT2D eigenvalue weighted by atomic mass is 16.5. The number of hydrogen-bond acceptors (Lipinski definition) is 5. The number of nitrogens with zero attached hydrogens (tertiary/aromatic N) is 2. The predicted molar refractivity (Wildman–Crippen MR) is 106 cm³/mol. The summed E-state index contributed by atoms with van der Waals surface area (Å²) in [6.45, 7) is 1.80. The SMILES string of the molecule is COc1cc2c(cc1OC)[C@@]13CCN4C=C5CCO[C@H]6CC(=O)N2[C@@H]1[C@@H]6[C@H]5C[C@H]43. The Bertz CT molecular complexity index is 974. The van der Waals surface area contributed by atoms with Crippen molar-refractivity contribution in [2.24, 2.45) is 11.8 Å². The number of carbonyl (C=O) groups excluding carboxylic acids is 1. The Morgan fingerprint density at radius 1 is 1.21 bits per heavy atom. The molecule has 0 aromatic heterocycles. The van der Waals surface area contributed by atoms with Gasteiger partial charge in [0.2, 0.25) is 5.91 Å². The average molecular weight is 394 g/mol. The molecule has 0 radical (unpaired) electrons. The zero-order valence-electron chi connectivity index (χ0n) is 16.9. The van der Waals surface area contributed by atoms with Crippen molar-refractivity contribution >= 4 is 11.6 Å². The van der Waals surface area contributed by atoms with Gasteiger partial charge in [-0.2, -0.15) is 0 Å². The van der Waals surface area contributed by atoms with Crippen LogP contribution in [-0.4, -0.2) is 56.4 Å². The molecule has 2 bridgehead atoms. The fraction of sp³-hybridized carbons (Fsp3) is 0.609. The van der Waals surface area contributed by atoms with E-state index in [1.807, 2.05) is 6.07 Å². The first kappa shape index (κ1) is 16.6. The number of methoxy groups -OCH3 is 2. The van der Waals surface area contributed by atoms with E-state index in [-0.39, 0.29) is 23.5 Å². The van der Waals surface area contributed by atoms with Crippen LogP contribution >= 0.6 is 0 Å². The fourth-order valence-corrected chi connectivity index (χ4v) is 7.82. The smallest absolute Gasteiger partial charge is 0.229 e. The lowest BCUT2D eigenvalue weighted by molar-refractivity contribution is -0.131. The van der Waals surface area contributed by atoms with Crippen LogP contribution in [-0.2, 0) is 14.9 Å². The maximum absolute atomic E-state index is 13.5. The summed E-state index contributed by atoms with van der Waals surface area (Å²) in [7, 11) is 3.36. The first-order chi connectivity index (χ1) is 14.2. The van der Waals surface area contributed by atoms with Crippen molar-refractivity contribution in [1.29, 1.82) is 0 Å². The minimum Gasteiger partial charge on any atom is -0.493 e. The topological polar surface area (TPSA) is 51.2 Å². The molecule has 0 N–H and O–H groups in total. The predicted octanol–water partition coefficient (Wildman–Crippen LogP) is 2.46. The van der Waals surface area contributed by atoms with Crippen molar-refractivity contribution < 1.29 is 19.0 Å². The summed E-state index contributed by atoms with van der Waals surface area (Å²) in [4.78, 5) is 18.2. The van der Waals surface area contributed by atoms with E-state index >= 15 is 0 Å². The highest BCUT2D eigenvalue weighted by Gasteiger charge is 2.70. The van der Waals surface area contributed by atoms with Gasteiger partial charge in [0, 0.05) is 30.0 Å². The third kappa shape index (κ3) is 1.73. The molecule has 1 amide bonds. The Morgan fingerprint density at radius 2 is 2.03 bits per heavy atom. The largest absolute Gasteiger partial charge is 0.493 e. The standard InChI is InChI=1S/C23H26N2O4/c1-27-16-8-14-15(9-17(16)28-2)25-20(26)10-18-21-13-7-19-23(14,22(21)25)4-5-24(19)11-12(13)3-6-29-18/h8-9,11,13,18-19,21-22H,3-7,10H2,1-2H3/t13-,18-,19-,21+,22+,23+/m0/s1. The number of hydrogen-bond donors (Lipinski definition) is 0. The lowest BCUT2D eigenvalue weighted by atomic mass is 9.54. The zero-order valence-corrected chi connectivity index (χ0v) is 16.9. The van der Waals surface area contributed by atoms with Crippen LogP contribution in [0.2, 0.25) is 0 Å². The third-order valence-corrected chi connectivity index (χ3v) is 8.76. The molecule has 6 heteroatoms. The Hall–Kier alpha value is -2.21. The van der Waals surface area contributed by atoms with Crippen LogP contribution in [0.25, 0.3) is 0 Å². The van der Waals surface area contributed by atoms with Crippen molar-refractivity contribution in [3.63, 3.8) is 0 Å². The molecule has 6 nitrogen and oxygen atoms in total. The Labute approximate surface area is 170 Å². The molecule has 5 heterocycles. The minimum absolute atomic E-state index is 0.0416. The van der Waals surface area contributed by atoms with Gasteiger partial charge in [-0.15, -0.1) is 0 Å². The number of piperidine rings is 1. The number of benzene rings is 1. The van der Waals surface area contributed by atoms with Gasteiger partial charge >= 0.3 is 0 Å². The number of anilines is 1. The van der Waals surface area contributed by atoms with E-state index in [4.69, 9.17) is 14.2 Å². The normalized spacial score (nSPS) is 40.4. The van der Waals surface area contributed by atoms with Gasteiger partial charge in [-0.1, -0.05) is 0 Å². The molecule has 6 aliphatic rings. The summed E-state index contributed by atoms with van der Waals surface area (Å²) >= 11 is 0. The molecule has 1 saturated carbocycles. The molecule has 0 unspecified atom stereocenters. The molecule has 1 aromatic carbocycles. The van der Waals surface area contributed by atoms with Crippen LogP contribution in [0.3, 0.4) is 0 Å². The van der Waals surface area contributed by atoms with Crippen LogP contribution in [0.1, 0.15) is 31.2 Å². The molecular weight excluding hydrogens is 368 g/mol. The van der Waals surface area contributed by atoms with Crippen LogP contribution in [0.15, 0.2) is 23.9 Å². The number of amides is 1. The van der Waals surface area contributed by atoms with E-state index < -0.39 is 0 Å². The van der Waals surface area contributed by atoms with Gasteiger partial charge in [-0.3, -0.25) is 4.79 Å². The first-order valence-electron chi connectivity index (χ1n) is 10.8. The third-order valence-electron chi connectivity index (χ3n) is 8.76. The molecular formula is C23H26N2O4. The Balaban J connectivity index is 1.53. The van der Waals surface area contributed by atoms with Gasteiger partial charge in [0.25, 0.3) is 0 Å². The molecule has 5 aliphatic heterocycles. The van der Waals surface area contributed by atoms with E-state index in [0.717, 1.165) is 37.4 Å². The number of ether oxygens (including phenoxy) is 3. The molecule has 3 saturated heterocycles. The van der Waals surface area contributed by atoms with Gasteiger partial charge in [0.15, 0.2) is 11.5 Å². The van der Waals surface area contributed by atoms with Gasteiger partial charge in [-0.25, -0.2) is 0 Å². The monoisotopic (exact) mass is 394 g/mol. The van der Waals surface area contributed by atoms with Crippen LogP contribution in [0.5, 0.6) is 11.5 Å². The van der Waals surface area contributed by atoms with Gasteiger partial charge in [0.05, 0.1) is 45.1 Å². The number of carbonyl (C=O) groups is 1. The molecule has 152 valence electrons. The van der Waals surface area contributed by atoms with Crippen LogP contribution < -0.4 is 14.4 Å². The Kier molecular flexibility index (Phi) is 3.02. The summed E-state index contributed by atoms with van der Waals surface area (Å²) in [5.41, 5.74) is 3.82. The first-order valence-corrected chi connectivity index (χ1v) is 10.8. The molecule has 7 rings (SSSR count). The van der Waals surface area contributed by atoms with Crippen LogP contribution in [0.4, 0.5) is 5.69 Å². The lowest BCUT2D eigenvalue weighted by Crippen LogP contribution is -2.68. The van der Waals surface area contributed by atoms with Crippen molar-refractivity contribution in [2.45, 2.75) is 49.3 Å². The molecule has 1 spiro atoms. The van der Waals surface area contributed by atoms with E-state index in [0.29, 0.717) is 30.0 Å². The number of fused-ring (bicyclic) bond motifs is 2. The second-order valence-corrected chi connectivity index (χ2v) is 9.46.